The summed E-state index contributed by atoms with van der Waals surface area (Å²) >= 11 is 1.19. The molecule has 1 aliphatic rings. The summed E-state index contributed by atoms with van der Waals surface area (Å²) in [7, 11) is 3.65. The van der Waals surface area contributed by atoms with Crippen LogP contribution in [0.5, 0.6) is 0 Å². The molecule has 1 aliphatic heterocycles. The number of nitrogens with zero attached hydrogens (tertiary/aromatic N) is 3. The highest BCUT2D eigenvalue weighted by Crippen LogP contribution is 2.28. The Bertz CT molecular complexity index is 843. The van der Waals surface area contributed by atoms with E-state index in [1.54, 1.807) is 24.3 Å². The summed E-state index contributed by atoms with van der Waals surface area (Å²) in [5.74, 6) is -0.850. The lowest BCUT2D eigenvalue weighted by atomic mass is 9.94. The van der Waals surface area contributed by atoms with Gasteiger partial charge in [0.05, 0.1) is 12.6 Å². The summed E-state index contributed by atoms with van der Waals surface area (Å²) in [5.41, 5.74) is 0.172. The monoisotopic (exact) mass is 496 g/mol. The van der Waals surface area contributed by atoms with Crippen molar-refractivity contribution in [2.45, 2.75) is 78.1 Å². The van der Waals surface area contributed by atoms with Crippen LogP contribution in [0.3, 0.4) is 0 Å². The van der Waals surface area contributed by atoms with Gasteiger partial charge in [0.1, 0.15) is 17.2 Å². The van der Waals surface area contributed by atoms with Gasteiger partial charge in [0.15, 0.2) is 5.69 Å². The van der Waals surface area contributed by atoms with Crippen LogP contribution in [0, 0.1) is 11.8 Å². The first kappa shape index (κ1) is 28.2. The SMILES string of the molecule is CCOC(=O)c1csc([C@H](O)C[C@H](C(C)C)N(C)C(=O)[C@@H](NC(=O)[C@H]2CCCN2C)C(C)C)n1. The smallest absolute Gasteiger partial charge is 0.357 e. The molecule has 1 aromatic rings. The molecule has 0 bridgehead atoms. The topological polar surface area (TPSA) is 112 Å². The lowest BCUT2D eigenvalue weighted by Crippen LogP contribution is -2.56. The predicted molar refractivity (Wildman–Crippen MR) is 131 cm³/mol. The number of hydrogen-bond donors (Lipinski definition) is 2. The van der Waals surface area contributed by atoms with Gasteiger partial charge >= 0.3 is 5.97 Å². The van der Waals surface area contributed by atoms with E-state index in [9.17, 15) is 19.5 Å². The summed E-state index contributed by atoms with van der Waals surface area (Å²) in [6.07, 6.45) is 1.09. The molecule has 2 rings (SSSR count). The number of rotatable bonds is 11. The highest BCUT2D eigenvalue weighted by molar-refractivity contribution is 7.09. The number of likely N-dealkylation sites (tertiary alicyclic amines) is 1. The van der Waals surface area contributed by atoms with Gasteiger partial charge in [0.2, 0.25) is 11.8 Å². The summed E-state index contributed by atoms with van der Waals surface area (Å²) in [5, 5.41) is 15.8. The summed E-state index contributed by atoms with van der Waals surface area (Å²) in [6, 6.07) is -1.15. The average molecular weight is 497 g/mol. The lowest BCUT2D eigenvalue weighted by Gasteiger charge is -2.36. The number of esters is 1. The van der Waals surface area contributed by atoms with E-state index in [0.717, 1.165) is 19.4 Å². The third-order valence-electron chi connectivity index (χ3n) is 6.42. The average Bonchev–Trinajstić information content (AvgIpc) is 3.43. The second-order valence-electron chi connectivity index (χ2n) is 9.67. The third-order valence-corrected chi connectivity index (χ3v) is 7.37. The molecule has 34 heavy (non-hydrogen) atoms. The molecule has 192 valence electrons. The van der Waals surface area contributed by atoms with Crippen LogP contribution in [0.25, 0.3) is 0 Å². The molecule has 0 unspecified atom stereocenters. The van der Waals surface area contributed by atoms with Crippen molar-refractivity contribution in [2.24, 2.45) is 11.8 Å². The quantitative estimate of drug-likeness (QED) is 0.453. The second-order valence-corrected chi connectivity index (χ2v) is 10.6. The van der Waals surface area contributed by atoms with E-state index in [4.69, 9.17) is 4.74 Å². The van der Waals surface area contributed by atoms with Crippen molar-refractivity contribution in [3.05, 3.63) is 16.1 Å². The first-order valence-corrected chi connectivity index (χ1v) is 12.9. The number of nitrogens with one attached hydrogen (secondary N) is 1. The number of thiazole rings is 1. The van der Waals surface area contributed by atoms with Gasteiger partial charge in [0.25, 0.3) is 0 Å². The molecular formula is C24H40N4O5S. The molecule has 2 N–H and O–H groups in total. The van der Waals surface area contributed by atoms with Gasteiger partial charge in [0, 0.05) is 24.9 Å². The summed E-state index contributed by atoms with van der Waals surface area (Å²) < 4.78 is 4.97. The number of likely N-dealkylation sites (N-methyl/N-ethyl adjacent to an activating group) is 2. The number of amides is 2. The van der Waals surface area contributed by atoms with Crippen molar-refractivity contribution in [1.29, 1.82) is 0 Å². The largest absolute Gasteiger partial charge is 0.461 e. The molecule has 1 saturated heterocycles. The van der Waals surface area contributed by atoms with Gasteiger partial charge < -0.3 is 20.1 Å². The van der Waals surface area contributed by atoms with E-state index < -0.39 is 18.1 Å². The normalized spacial score (nSPS) is 19.2. The van der Waals surface area contributed by atoms with Crippen LogP contribution < -0.4 is 5.32 Å². The van der Waals surface area contributed by atoms with E-state index in [1.807, 2.05) is 39.6 Å². The van der Waals surface area contributed by atoms with Crippen molar-refractivity contribution in [1.82, 2.24) is 20.1 Å². The summed E-state index contributed by atoms with van der Waals surface area (Å²) in [6.45, 7) is 10.7. The van der Waals surface area contributed by atoms with Crippen LogP contribution in [-0.4, -0.2) is 83.0 Å². The third kappa shape index (κ3) is 6.99. The van der Waals surface area contributed by atoms with Gasteiger partial charge in [-0.3, -0.25) is 14.5 Å². The van der Waals surface area contributed by atoms with Crippen molar-refractivity contribution in [3.8, 4) is 0 Å². The van der Waals surface area contributed by atoms with E-state index in [1.165, 1.54) is 11.3 Å². The fourth-order valence-corrected chi connectivity index (χ4v) is 5.12. The number of aromatic nitrogens is 1. The molecule has 9 nitrogen and oxygen atoms in total. The van der Waals surface area contributed by atoms with E-state index in [-0.39, 0.29) is 54.5 Å². The number of aliphatic hydroxyl groups is 1. The molecular weight excluding hydrogens is 456 g/mol. The Morgan fingerprint density at radius 3 is 2.50 bits per heavy atom. The zero-order valence-electron chi connectivity index (χ0n) is 21.4. The molecule has 0 aliphatic carbocycles. The molecule has 10 heteroatoms. The van der Waals surface area contributed by atoms with Crippen molar-refractivity contribution < 1.29 is 24.2 Å². The van der Waals surface area contributed by atoms with Crippen LogP contribution in [0.1, 0.15) is 75.5 Å². The predicted octanol–water partition coefficient (Wildman–Crippen LogP) is 2.46. The van der Waals surface area contributed by atoms with Crippen LogP contribution in [0.15, 0.2) is 5.38 Å². The number of aliphatic hydroxyl groups excluding tert-OH is 1. The molecule has 4 atom stereocenters. The van der Waals surface area contributed by atoms with Crippen molar-refractivity contribution in [2.75, 3.05) is 27.2 Å². The molecule has 0 spiro atoms. The minimum absolute atomic E-state index is 0.0533. The Kier molecular flexibility index (Phi) is 10.5. The van der Waals surface area contributed by atoms with E-state index >= 15 is 0 Å². The highest BCUT2D eigenvalue weighted by atomic mass is 32.1. The maximum absolute atomic E-state index is 13.5. The Morgan fingerprint density at radius 1 is 1.29 bits per heavy atom. The Morgan fingerprint density at radius 2 is 1.97 bits per heavy atom. The highest BCUT2D eigenvalue weighted by Gasteiger charge is 2.36. The molecule has 1 fully saturated rings. The molecule has 1 aromatic heterocycles. The fraction of sp³-hybridized carbons (Fsp3) is 0.750. The van der Waals surface area contributed by atoms with Gasteiger partial charge in [-0.15, -0.1) is 11.3 Å². The van der Waals surface area contributed by atoms with Crippen LogP contribution in [-0.2, 0) is 14.3 Å². The Labute approximate surface area is 206 Å². The molecule has 0 saturated carbocycles. The lowest BCUT2D eigenvalue weighted by molar-refractivity contribution is -0.140. The van der Waals surface area contributed by atoms with Crippen molar-refractivity contribution in [3.63, 3.8) is 0 Å². The first-order chi connectivity index (χ1) is 16.0. The summed E-state index contributed by atoms with van der Waals surface area (Å²) in [4.78, 5) is 46.1. The van der Waals surface area contributed by atoms with Crippen molar-refractivity contribution >= 4 is 29.1 Å². The van der Waals surface area contributed by atoms with Gasteiger partial charge in [-0.05, 0) is 45.2 Å². The number of carbonyl (C=O) groups is 3. The second kappa shape index (κ2) is 12.6. The maximum Gasteiger partial charge on any atom is 0.357 e. The first-order valence-electron chi connectivity index (χ1n) is 12.1. The number of carbonyl (C=O) groups excluding carboxylic acids is 3. The van der Waals surface area contributed by atoms with E-state index in [0.29, 0.717) is 5.01 Å². The minimum atomic E-state index is -0.935. The van der Waals surface area contributed by atoms with E-state index in [2.05, 4.69) is 10.3 Å². The van der Waals surface area contributed by atoms with Gasteiger partial charge in [-0.25, -0.2) is 9.78 Å². The maximum atomic E-state index is 13.5. The number of hydrogen-bond acceptors (Lipinski definition) is 8. The Hall–Kier alpha value is -2.04. The zero-order chi connectivity index (χ0) is 25.6. The molecule has 0 aromatic carbocycles. The van der Waals surface area contributed by atoms with Crippen LogP contribution in [0.2, 0.25) is 0 Å². The Balaban J connectivity index is 2.11. The molecule has 2 amide bonds. The van der Waals surface area contributed by atoms with Gasteiger partial charge in [-0.2, -0.15) is 0 Å². The number of ether oxygens (including phenoxy) is 1. The fourth-order valence-electron chi connectivity index (χ4n) is 4.33. The molecule has 2 heterocycles. The minimum Gasteiger partial charge on any atom is -0.461 e. The van der Waals surface area contributed by atoms with Crippen LogP contribution in [0.4, 0.5) is 0 Å². The standard InChI is InChI=1S/C24H40N4O5S/c1-8-33-24(32)16-13-34-22(25-16)19(29)12-18(14(2)3)28(7)23(31)20(15(4)5)26-21(30)17-10-9-11-27(17)6/h13-15,17-20,29H,8-12H2,1-7H3,(H,26,30)/t17-,18-,19-,20+/m1/s1. The zero-order valence-corrected chi connectivity index (χ0v) is 22.2. The van der Waals surface area contributed by atoms with Gasteiger partial charge in [-0.1, -0.05) is 27.7 Å². The van der Waals surface area contributed by atoms with Crippen LogP contribution >= 0.6 is 11.3 Å². The molecule has 0 radical (unpaired) electrons.